The van der Waals surface area contributed by atoms with Crippen LogP contribution in [0.15, 0.2) is 0 Å². The summed E-state index contributed by atoms with van der Waals surface area (Å²) in [7, 11) is 0. The Kier molecular flexibility index (Phi) is 2.40. The number of halogens is 1. The fourth-order valence-corrected chi connectivity index (χ4v) is 1.71. The summed E-state index contributed by atoms with van der Waals surface area (Å²) in [6, 6.07) is 0. The Morgan fingerprint density at radius 2 is 1.85 bits per heavy atom. The minimum Gasteiger partial charge on any atom is -0.391 e. The zero-order chi connectivity index (χ0) is 10.4. The number of hydrogen-bond acceptors (Lipinski definition) is 4. The molecule has 1 saturated heterocycles. The highest BCUT2D eigenvalue weighted by molar-refractivity contribution is 5.04. The van der Waals surface area contributed by atoms with Crippen LogP contribution in [-0.4, -0.2) is 45.1 Å². The summed E-state index contributed by atoms with van der Waals surface area (Å²) in [5, 5.41) is 28.1. The summed E-state index contributed by atoms with van der Waals surface area (Å²) in [5.74, 6) is -2.04. The molecule has 13 heavy (non-hydrogen) atoms. The quantitative estimate of drug-likeness (QED) is 0.529. The van der Waals surface area contributed by atoms with Crippen LogP contribution < -0.4 is 0 Å². The van der Waals surface area contributed by atoms with Crippen molar-refractivity contribution in [1.82, 2.24) is 0 Å². The highest BCUT2D eigenvalue weighted by Crippen LogP contribution is 2.40. The Labute approximate surface area is 75.9 Å². The van der Waals surface area contributed by atoms with Gasteiger partial charge in [-0.15, -0.1) is 0 Å². The largest absolute Gasteiger partial charge is 0.391 e. The van der Waals surface area contributed by atoms with E-state index in [1.54, 1.807) is 0 Å². The van der Waals surface area contributed by atoms with Crippen LogP contribution in [0.4, 0.5) is 4.39 Å². The van der Waals surface area contributed by atoms with Gasteiger partial charge < -0.3 is 20.1 Å². The molecule has 5 heteroatoms. The van der Waals surface area contributed by atoms with Gasteiger partial charge in [0.2, 0.25) is 0 Å². The van der Waals surface area contributed by atoms with Crippen molar-refractivity contribution >= 4 is 0 Å². The van der Waals surface area contributed by atoms with Crippen molar-refractivity contribution in [3.8, 4) is 0 Å². The van der Waals surface area contributed by atoms with E-state index < -0.39 is 29.8 Å². The van der Waals surface area contributed by atoms with E-state index in [1.165, 1.54) is 13.8 Å². The van der Waals surface area contributed by atoms with Crippen molar-refractivity contribution in [2.75, 3.05) is 0 Å². The fraction of sp³-hybridized carbons (Fsp3) is 1.00. The van der Waals surface area contributed by atoms with Gasteiger partial charge in [0.1, 0.15) is 11.7 Å². The molecule has 1 fully saturated rings. The molecule has 0 spiro atoms. The van der Waals surface area contributed by atoms with Gasteiger partial charge in [0.05, 0.1) is 6.10 Å². The first-order valence-corrected chi connectivity index (χ1v) is 4.14. The highest BCUT2D eigenvalue weighted by atomic mass is 19.1. The first kappa shape index (κ1) is 10.8. The van der Waals surface area contributed by atoms with Crippen LogP contribution >= 0.6 is 0 Å². The molecule has 0 amide bonds. The second-order valence-corrected chi connectivity index (χ2v) is 3.92. The van der Waals surface area contributed by atoms with Crippen molar-refractivity contribution in [3.63, 3.8) is 0 Å². The van der Waals surface area contributed by atoms with Gasteiger partial charge in [-0.3, -0.25) is 0 Å². The number of alkyl halides is 1. The smallest absolute Gasteiger partial charge is 0.198 e. The monoisotopic (exact) mass is 194 g/mol. The van der Waals surface area contributed by atoms with E-state index in [4.69, 9.17) is 4.74 Å². The molecule has 0 aromatic heterocycles. The molecule has 0 aromatic rings. The van der Waals surface area contributed by atoms with Crippen LogP contribution in [0.25, 0.3) is 0 Å². The van der Waals surface area contributed by atoms with Gasteiger partial charge in [0, 0.05) is 0 Å². The molecule has 0 saturated carbocycles. The van der Waals surface area contributed by atoms with Crippen molar-refractivity contribution in [3.05, 3.63) is 0 Å². The van der Waals surface area contributed by atoms with E-state index in [-0.39, 0.29) is 0 Å². The summed E-state index contributed by atoms with van der Waals surface area (Å²) in [5.41, 5.74) is -1.86. The second kappa shape index (κ2) is 2.88. The molecule has 0 radical (unpaired) electrons. The predicted octanol–water partition coefficient (Wildman–Crippen LogP) is -0.436. The zero-order valence-corrected chi connectivity index (χ0v) is 7.86. The third-order valence-electron chi connectivity index (χ3n) is 2.36. The van der Waals surface area contributed by atoms with Crippen molar-refractivity contribution in [2.45, 2.75) is 50.5 Å². The molecule has 4 nitrogen and oxygen atoms in total. The molecular formula is C8H15FO4. The Balaban J connectivity index is 2.93. The molecule has 1 aliphatic heterocycles. The fourth-order valence-electron chi connectivity index (χ4n) is 1.71. The summed E-state index contributed by atoms with van der Waals surface area (Å²) < 4.78 is 18.2. The van der Waals surface area contributed by atoms with Crippen LogP contribution in [0.5, 0.6) is 0 Å². The lowest BCUT2D eigenvalue weighted by molar-refractivity contribution is -0.212. The lowest BCUT2D eigenvalue weighted by Gasteiger charge is -2.26. The van der Waals surface area contributed by atoms with E-state index >= 15 is 0 Å². The molecule has 1 rings (SSSR count). The normalized spacial score (nSPS) is 53.8. The Hall–Kier alpha value is -0.230. The maximum absolute atomic E-state index is 13.4. The van der Waals surface area contributed by atoms with Crippen LogP contribution in [0.3, 0.4) is 0 Å². The van der Waals surface area contributed by atoms with Gasteiger partial charge in [0.25, 0.3) is 0 Å². The average molecular weight is 194 g/mol. The molecule has 5 atom stereocenters. The standard InChI is InChI=1S/C8H15FO4/c1-4(10)5-7(2,11)6(9)8(3,12)13-5/h4-6,10-12H,1-3H3/t4?,5-,6+,7-,8+/m1/s1. The van der Waals surface area contributed by atoms with Gasteiger partial charge in [-0.05, 0) is 20.8 Å². The molecule has 1 aliphatic rings. The van der Waals surface area contributed by atoms with Crippen LogP contribution in [0, 0.1) is 0 Å². The molecule has 0 bridgehead atoms. The van der Waals surface area contributed by atoms with Crippen LogP contribution in [-0.2, 0) is 4.74 Å². The third kappa shape index (κ3) is 1.57. The second-order valence-electron chi connectivity index (χ2n) is 3.92. The SMILES string of the molecule is CC(O)[C@H]1O[C@](C)(O)[C@@H](F)[C@]1(C)O. The molecule has 78 valence electrons. The van der Waals surface area contributed by atoms with Gasteiger partial charge in [0.15, 0.2) is 12.0 Å². The van der Waals surface area contributed by atoms with Gasteiger partial charge in [-0.1, -0.05) is 0 Å². The predicted molar refractivity (Wildman–Crippen MR) is 42.7 cm³/mol. The minimum atomic E-state index is -2.04. The van der Waals surface area contributed by atoms with Crippen LogP contribution in [0.2, 0.25) is 0 Å². The van der Waals surface area contributed by atoms with Crippen molar-refractivity contribution in [2.24, 2.45) is 0 Å². The maximum Gasteiger partial charge on any atom is 0.198 e. The third-order valence-corrected chi connectivity index (χ3v) is 2.36. The van der Waals surface area contributed by atoms with Crippen molar-refractivity contribution < 1.29 is 24.4 Å². The highest BCUT2D eigenvalue weighted by Gasteiger charge is 2.60. The van der Waals surface area contributed by atoms with E-state index in [0.29, 0.717) is 0 Å². The number of rotatable bonds is 1. The molecule has 0 aromatic carbocycles. The maximum atomic E-state index is 13.4. The topological polar surface area (TPSA) is 69.9 Å². The number of aliphatic hydroxyl groups excluding tert-OH is 1. The summed E-state index contributed by atoms with van der Waals surface area (Å²) in [6.45, 7) is 3.68. The van der Waals surface area contributed by atoms with E-state index in [1.807, 2.05) is 0 Å². The van der Waals surface area contributed by atoms with Gasteiger partial charge in [-0.25, -0.2) is 4.39 Å². The molecule has 3 N–H and O–H groups in total. The number of aliphatic hydroxyl groups is 3. The Bertz CT molecular complexity index is 202. The lowest BCUT2D eigenvalue weighted by Crippen LogP contribution is -2.48. The van der Waals surface area contributed by atoms with Crippen molar-refractivity contribution in [1.29, 1.82) is 0 Å². The minimum absolute atomic E-state index is 1.04. The van der Waals surface area contributed by atoms with Gasteiger partial charge >= 0.3 is 0 Å². The van der Waals surface area contributed by atoms with Crippen LogP contribution in [0.1, 0.15) is 20.8 Å². The number of hydrogen-bond donors (Lipinski definition) is 3. The summed E-state index contributed by atoms with van der Waals surface area (Å²) >= 11 is 0. The summed E-state index contributed by atoms with van der Waals surface area (Å²) in [4.78, 5) is 0. The molecule has 0 aliphatic carbocycles. The zero-order valence-electron chi connectivity index (χ0n) is 7.86. The average Bonchev–Trinajstić information content (AvgIpc) is 2.11. The first-order valence-electron chi connectivity index (χ1n) is 4.14. The number of ether oxygens (including phenoxy) is 1. The van der Waals surface area contributed by atoms with E-state index in [9.17, 15) is 19.7 Å². The van der Waals surface area contributed by atoms with Gasteiger partial charge in [-0.2, -0.15) is 0 Å². The summed E-state index contributed by atoms with van der Waals surface area (Å²) in [6.07, 6.45) is -4.08. The van der Waals surface area contributed by atoms with E-state index in [2.05, 4.69) is 0 Å². The molecule has 1 heterocycles. The lowest BCUT2D eigenvalue weighted by atomic mass is 9.91. The Morgan fingerprint density at radius 3 is 2.00 bits per heavy atom. The molecule has 1 unspecified atom stereocenters. The molecular weight excluding hydrogens is 179 g/mol. The Morgan fingerprint density at radius 1 is 1.38 bits per heavy atom. The van der Waals surface area contributed by atoms with E-state index in [0.717, 1.165) is 6.92 Å². The first-order chi connectivity index (χ1) is 5.69.